The van der Waals surface area contributed by atoms with E-state index in [9.17, 15) is 14.4 Å². The highest BCUT2D eigenvalue weighted by Crippen LogP contribution is 2.74. The summed E-state index contributed by atoms with van der Waals surface area (Å²) < 4.78 is 0.868. The largest absolute Gasteiger partial charge is 0.298 e. The van der Waals surface area contributed by atoms with Gasteiger partial charge in [-0.2, -0.15) is 0 Å². The molecule has 2 amide bonds. The van der Waals surface area contributed by atoms with Gasteiger partial charge in [0.25, 0.3) is 0 Å². The highest BCUT2D eigenvalue weighted by molar-refractivity contribution is 9.10. The monoisotopic (exact) mass is 525 g/mol. The lowest BCUT2D eigenvalue weighted by Crippen LogP contribution is -2.41. The fourth-order valence-corrected chi connectivity index (χ4v) is 7.24. The normalized spacial score (nSPS) is 29.3. The minimum Gasteiger partial charge on any atom is -0.298 e. The van der Waals surface area contributed by atoms with E-state index in [1.807, 2.05) is 86.6 Å². The van der Waals surface area contributed by atoms with Gasteiger partial charge in [-0.1, -0.05) is 83.5 Å². The van der Waals surface area contributed by atoms with Crippen LogP contribution in [0.15, 0.2) is 89.4 Å². The average molecular weight is 526 g/mol. The van der Waals surface area contributed by atoms with Crippen LogP contribution in [0.25, 0.3) is 11.1 Å². The third-order valence-corrected chi connectivity index (χ3v) is 8.85. The summed E-state index contributed by atoms with van der Waals surface area (Å²) in [5, 5.41) is 0. The zero-order chi connectivity index (χ0) is 24.5. The molecule has 1 saturated heterocycles. The molecule has 1 heterocycles. The fraction of sp³-hybridized carbons (Fsp3) is 0.233. The van der Waals surface area contributed by atoms with Crippen LogP contribution in [0, 0.1) is 22.7 Å². The molecule has 2 fully saturated rings. The number of fused-ring (bicyclic) bond motifs is 5. The summed E-state index contributed by atoms with van der Waals surface area (Å²) in [6.07, 6.45) is 0.455. The maximum atomic E-state index is 14.4. The molecule has 0 N–H and O–H groups in total. The molecule has 3 aromatic carbocycles. The number of benzene rings is 3. The molecule has 2 bridgehead atoms. The van der Waals surface area contributed by atoms with E-state index in [0.29, 0.717) is 12.1 Å². The minimum absolute atomic E-state index is 0.00244. The third kappa shape index (κ3) is 2.65. The predicted molar refractivity (Wildman–Crippen MR) is 139 cm³/mol. The van der Waals surface area contributed by atoms with Gasteiger partial charge >= 0.3 is 0 Å². The summed E-state index contributed by atoms with van der Waals surface area (Å²) in [5.74, 6) is -2.01. The van der Waals surface area contributed by atoms with Crippen LogP contribution in [0.1, 0.15) is 31.4 Å². The quantitative estimate of drug-likeness (QED) is 0.383. The van der Waals surface area contributed by atoms with Gasteiger partial charge in [0.1, 0.15) is 0 Å². The topological polar surface area (TPSA) is 54.5 Å². The van der Waals surface area contributed by atoms with Crippen molar-refractivity contribution in [3.05, 3.63) is 101 Å². The van der Waals surface area contributed by atoms with Gasteiger partial charge in [0.15, 0.2) is 5.78 Å². The summed E-state index contributed by atoms with van der Waals surface area (Å²) in [5.41, 5.74) is 2.05. The van der Waals surface area contributed by atoms with Gasteiger partial charge < -0.3 is 0 Å². The zero-order valence-electron chi connectivity index (χ0n) is 19.5. The Kier molecular flexibility index (Phi) is 4.81. The van der Waals surface area contributed by atoms with Gasteiger partial charge in [0.2, 0.25) is 11.8 Å². The first-order valence-electron chi connectivity index (χ1n) is 11.9. The average Bonchev–Trinajstić information content (AvgIpc) is 3.35. The van der Waals surface area contributed by atoms with Crippen molar-refractivity contribution in [1.29, 1.82) is 0 Å². The number of imide groups is 1. The van der Waals surface area contributed by atoms with Crippen LogP contribution in [0.4, 0.5) is 5.69 Å². The number of amides is 2. The van der Waals surface area contributed by atoms with Gasteiger partial charge in [-0.15, -0.1) is 0 Å². The van der Waals surface area contributed by atoms with Crippen molar-refractivity contribution in [2.24, 2.45) is 22.7 Å². The molecule has 6 rings (SSSR count). The number of hydrogen-bond acceptors (Lipinski definition) is 3. The lowest BCUT2D eigenvalue weighted by molar-refractivity contribution is -0.134. The molecule has 0 aromatic heterocycles. The second-order valence-electron chi connectivity index (χ2n) is 9.78. The third-order valence-electron chi connectivity index (χ3n) is 8.32. The number of allylic oxidation sites excluding steroid dienone is 2. The number of carbonyl (C=O) groups is 3. The number of rotatable bonds is 4. The molecular weight excluding hydrogens is 502 g/mol. The van der Waals surface area contributed by atoms with Crippen LogP contribution < -0.4 is 4.90 Å². The van der Waals surface area contributed by atoms with Crippen molar-refractivity contribution in [3.8, 4) is 0 Å². The van der Waals surface area contributed by atoms with Crippen LogP contribution in [0.5, 0.6) is 0 Å². The van der Waals surface area contributed by atoms with Crippen molar-refractivity contribution in [2.45, 2.75) is 20.3 Å². The Balaban J connectivity index is 1.64. The lowest BCUT2D eigenvalue weighted by atomic mass is 9.62. The van der Waals surface area contributed by atoms with Crippen LogP contribution in [-0.2, 0) is 14.4 Å². The molecule has 3 aliphatic rings. The van der Waals surface area contributed by atoms with Gasteiger partial charge in [0.05, 0.1) is 28.4 Å². The maximum Gasteiger partial charge on any atom is 0.239 e. The molecule has 0 spiro atoms. The zero-order valence-corrected chi connectivity index (χ0v) is 21.1. The second kappa shape index (κ2) is 7.59. The number of carbonyl (C=O) groups excluding carboxylic acids is 3. The Hall–Kier alpha value is -3.31. The molecule has 4 atom stereocenters. The first-order valence-corrected chi connectivity index (χ1v) is 12.7. The molecule has 1 saturated carbocycles. The van der Waals surface area contributed by atoms with E-state index < -0.39 is 22.7 Å². The first-order chi connectivity index (χ1) is 16.9. The van der Waals surface area contributed by atoms with Crippen molar-refractivity contribution in [2.75, 3.05) is 4.90 Å². The first kappa shape index (κ1) is 22.2. The van der Waals surface area contributed by atoms with Crippen molar-refractivity contribution in [1.82, 2.24) is 0 Å². The Morgan fingerprint density at radius 3 is 1.80 bits per heavy atom. The molecule has 4 nitrogen and oxygen atoms in total. The number of ketones is 1. The number of Topliss-reactive ketones (excluding diaryl/α,β-unsaturated/α-hetero) is 1. The van der Waals surface area contributed by atoms with Gasteiger partial charge in [-0.25, -0.2) is 4.90 Å². The summed E-state index contributed by atoms with van der Waals surface area (Å²) in [7, 11) is 0. The second-order valence-corrected chi connectivity index (χ2v) is 10.7. The Morgan fingerprint density at radius 2 is 1.26 bits per heavy atom. The van der Waals surface area contributed by atoms with Crippen molar-refractivity contribution >= 4 is 50.4 Å². The summed E-state index contributed by atoms with van der Waals surface area (Å²) in [4.78, 5) is 43.8. The van der Waals surface area contributed by atoms with Crippen LogP contribution in [0.3, 0.4) is 0 Å². The van der Waals surface area contributed by atoms with Crippen LogP contribution >= 0.6 is 15.9 Å². The van der Waals surface area contributed by atoms with Gasteiger partial charge in [-0.3, -0.25) is 14.4 Å². The van der Waals surface area contributed by atoms with E-state index in [2.05, 4.69) is 15.9 Å². The predicted octanol–water partition coefficient (Wildman–Crippen LogP) is 6.16. The summed E-state index contributed by atoms with van der Waals surface area (Å²) in [6, 6.07) is 26.9. The molecule has 0 unspecified atom stereocenters. The highest BCUT2D eigenvalue weighted by atomic mass is 79.9. The number of anilines is 1. The van der Waals surface area contributed by atoms with E-state index in [-0.39, 0.29) is 17.6 Å². The van der Waals surface area contributed by atoms with E-state index in [1.54, 1.807) is 12.1 Å². The maximum absolute atomic E-state index is 14.4. The Labute approximate surface area is 212 Å². The minimum atomic E-state index is -1.09. The van der Waals surface area contributed by atoms with E-state index in [0.717, 1.165) is 26.7 Å². The molecule has 174 valence electrons. The number of hydrogen-bond donors (Lipinski definition) is 0. The molecule has 3 aromatic rings. The standard InChI is InChI=1S/C30H24BrNO3/c1-3-30-23(19-12-8-5-9-13-19)22(18-10-6-4-7-11-18)29(2,28(30)35)24-25(30)27(34)32(26(24)33)21-16-14-20(31)15-17-21/h4-17,24-25H,3H2,1-2H3/t24-,25+,29-,30+/m0/s1. The molecule has 2 aliphatic carbocycles. The number of nitrogens with zero attached hydrogens (tertiary/aromatic N) is 1. The van der Waals surface area contributed by atoms with Gasteiger partial charge in [-0.05, 0) is 59.9 Å². The molecule has 5 heteroatoms. The molecule has 0 radical (unpaired) electrons. The molecule has 1 aliphatic heterocycles. The van der Waals surface area contributed by atoms with Crippen molar-refractivity contribution in [3.63, 3.8) is 0 Å². The Morgan fingerprint density at radius 1 is 0.743 bits per heavy atom. The number of halogens is 1. The molecular formula is C30H24BrNO3. The molecule has 35 heavy (non-hydrogen) atoms. The SMILES string of the molecule is CC[C@@]12C(=O)[C@@](C)(C(c3ccccc3)=C1c1ccccc1)[C@@H]1C(=O)N(c3ccc(Br)cc3)C(=O)[C@@H]12. The summed E-state index contributed by atoms with van der Waals surface area (Å²) in [6.45, 7) is 3.86. The van der Waals surface area contributed by atoms with E-state index in [4.69, 9.17) is 0 Å². The fourth-order valence-electron chi connectivity index (χ4n) is 6.97. The Bertz CT molecular complexity index is 1410. The van der Waals surface area contributed by atoms with Gasteiger partial charge in [0, 0.05) is 4.47 Å². The van der Waals surface area contributed by atoms with Crippen molar-refractivity contribution < 1.29 is 14.4 Å². The lowest BCUT2D eigenvalue weighted by Gasteiger charge is -2.37. The van der Waals surface area contributed by atoms with E-state index in [1.165, 1.54) is 4.90 Å². The highest BCUT2D eigenvalue weighted by Gasteiger charge is 2.79. The summed E-state index contributed by atoms with van der Waals surface area (Å²) >= 11 is 3.43. The van der Waals surface area contributed by atoms with E-state index >= 15 is 0 Å². The van der Waals surface area contributed by atoms with Crippen LogP contribution in [0.2, 0.25) is 0 Å². The smallest absolute Gasteiger partial charge is 0.239 e. The van der Waals surface area contributed by atoms with Crippen LogP contribution in [-0.4, -0.2) is 17.6 Å².